The molecule has 0 amide bonds. The molecule has 126 valence electrons. The summed E-state index contributed by atoms with van der Waals surface area (Å²) in [5.74, 6) is 1.10. The van der Waals surface area contributed by atoms with Crippen LogP contribution in [0.25, 0.3) is 5.65 Å². The number of piperazine rings is 1. The maximum Gasteiger partial charge on any atom is 0.157 e. The summed E-state index contributed by atoms with van der Waals surface area (Å²) in [6.45, 7) is 5.66. The zero-order valence-corrected chi connectivity index (χ0v) is 14.3. The molecule has 4 rings (SSSR count). The molecule has 6 nitrogen and oxygen atoms in total. The number of nitrogens with zero attached hydrogens (tertiary/aromatic N) is 6. The second kappa shape index (κ2) is 6.44. The first-order valence-corrected chi connectivity index (χ1v) is 8.63. The predicted molar refractivity (Wildman–Crippen MR) is 97.9 cm³/mol. The lowest BCUT2D eigenvalue weighted by Gasteiger charge is -2.37. The third kappa shape index (κ3) is 2.78. The van der Waals surface area contributed by atoms with Gasteiger partial charge in [0.25, 0.3) is 0 Å². The highest BCUT2D eigenvalue weighted by molar-refractivity contribution is 5.60. The fraction of sp³-hybridized carbons (Fsp3) is 0.316. The molecule has 0 saturated carbocycles. The predicted octanol–water partition coefficient (Wildman–Crippen LogP) is 2.49. The van der Waals surface area contributed by atoms with E-state index in [0.717, 1.165) is 61.0 Å². The number of rotatable bonds is 3. The van der Waals surface area contributed by atoms with Crippen LogP contribution in [0, 0.1) is 11.3 Å². The van der Waals surface area contributed by atoms with Crippen LogP contribution in [0.1, 0.15) is 18.2 Å². The maximum absolute atomic E-state index is 9.33. The van der Waals surface area contributed by atoms with E-state index < -0.39 is 0 Å². The molecule has 6 heteroatoms. The number of fused-ring (bicyclic) bond motifs is 1. The fourth-order valence-electron chi connectivity index (χ4n) is 3.37. The molecular formula is C19H20N6. The Morgan fingerprint density at radius 3 is 2.60 bits per heavy atom. The van der Waals surface area contributed by atoms with Gasteiger partial charge in [-0.1, -0.05) is 19.1 Å². The van der Waals surface area contributed by atoms with Crippen molar-refractivity contribution in [3.05, 3.63) is 53.9 Å². The van der Waals surface area contributed by atoms with Crippen molar-refractivity contribution in [2.45, 2.75) is 13.3 Å². The molecule has 1 aliphatic heterocycles. The summed E-state index contributed by atoms with van der Waals surface area (Å²) in [6.07, 6.45) is 2.70. The lowest BCUT2D eigenvalue weighted by Crippen LogP contribution is -2.47. The highest BCUT2D eigenvalue weighted by Gasteiger charge is 2.21. The van der Waals surface area contributed by atoms with Crippen molar-refractivity contribution < 1.29 is 0 Å². The summed E-state index contributed by atoms with van der Waals surface area (Å²) in [5, 5.41) is 13.8. The Morgan fingerprint density at radius 1 is 1.08 bits per heavy atom. The van der Waals surface area contributed by atoms with Gasteiger partial charge in [0.05, 0.1) is 17.4 Å². The van der Waals surface area contributed by atoms with E-state index in [9.17, 15) is 5.26 Å². The van der Waals surface area contributed by atoms with Crippen molar-refractivity contribution >= 4 is 17.2 Å². The molecule has 1 aromatic carbocycles. The minimum absolute atomic E-state index is 0.739. The van der Waals surface area contributed by atoms with Gasteiger partial charge in [0.15, 0.2) is 5.65 Å². The third-order valence-corrected chi connectivity index (χ3v) is 4.72. The Balaban J connectivity index is 1.58. The van der Waals surface area contributed by atoms with Gasteiger partial charge < -0.3 is 9.80 Å². The molecule has 3 aromatic rings. The van der Waals surface area contributed by atoms with Gasteiger partial charge in [-0.05, 0) is 18.6 Å². The summed E-state index contributed by atoms with van der Waals surface area (Å²) < 4.78 is 1.91. The van der Waals surface area contributed by atoms with E-state index >= 15 is 0 Å². The van der Waals surface area contributed by atoms with Crippen LogP contribution in [0.5, 0.6) is 0 Å². The Kier molecular flexibility index (Phi) is 3.98. The van der Waals surface area contributed by atoms with Crippen LogP contribution in [-0.4, -0.2) is 40.8 Å². The largest absolute Gasteiger partial charge is 0.367 e. The number of benzene rings is 1. The van der Waals surface area contributed by atoms with E-state index in [1.54, 1.807) is 6.20 Å². The van der Waals surface area contributed by atoms with E-state index in [1.807, 2.05) is 34.8 Å². The summed E-state index contributed by atoms with van der Waals surface area (Å²) in [6, 6.07) is 14.2. The molecule has 0 bridgehead atoms. The van der Waals surface area contributed by atoms with Crippen LogP contribution in [0.2, 0.25) is 0 Å². The van der Waals surface area contributed by atoms with Crippen molar-refractivity contribution in [2.24, 2.45) is 0 Å². The van der Waals surface area contributed by atoms with Crippen molar-refractivity contribution in [2.75, 3.05) is 36.0 Å². The fourth-order valence-corrected chi connectivity index (χ4v) is 3.37. The molecule has 3 heterocycles. The monoisotopic (exact) mass is 332 g/mol. The van der Waals surface area contributed by atoms with Gasteiger partial charge in [-0.15, -0.1) is 0 Å². The van der Waals surface area contributed by atoms with Crippen molar-refractivity contribution in [1.82, 2.24) is 14.6 Å². The molecule has 1 saturated heterocycles. The molecule has 0 unspecified atom stereocenters. The lowest BCUT2D eigenvalue weighted by atomic mass is 10.1. The van der Waals surface area contributed by atoms with Crippen molar-refractivity contribution in [1.29, 1.82) is 5.26 Å². The second-order valence-corrected chi connectivity index (χ2v) is 6.16. The standard InChI is InChI=1S/C19H20N6/c1-2-16-13-19(25-18(22-16)7-8-21-25)24-11-9-23(10-12-24)17-6-4-3-5-15(17)14-20/h3-8,13H,2,9-12H2,1H3. The highest BCUT2D eigenvalue weighted by atomic mass is 15.4. The molecule has 0 spiro atoms. The SMILES string of the molecule is CCc1cc(N2CCN(c3ccccc3C#N)CC2)n2nccc2n1. The number of aryl methyl sites for hydroxylation is 1. The lowest BCUT2D eigenvalue weighted by molar-refractivity contribution is 0.637. The number of nitriles is 1. The van der Waals surface area contributed by atoms with E-state index in [4.69, 9.17) is 0 Å². The Bertz CT molecular complexity index is 930. The number of para-hydroxylation sites is 1. The summed E-state index contributed by atoms with van der Waals surface area (Å²) >= 11 is 0. The summed E-state index contributed by atoms with van der Waals surface area (Å²) in [7, 11) is 0. The molecule has 0 radical (unpaired) electrons. The number of hydrogen-bond donors (Lipinski definition) is 0. The minimum atomic E-state index is 0.739. The topological polar surface area (TPSA) is 60.5 Å². The smallest absolute Gasteiger partial charge is 0.157 e. The maximum atomic E-state index is 9.33. The molecule has 1 fully saturated rings. The molecule has 2 aromatic heterocycles. The Hall–Kier alpha value is -3.07. The van der Waals surface area contributed by atoms with Crippen molar-refractivity contribution in [3.63, 3.8) is 0 Å². The second-order valence-electron chi connectivity index (χ2n) is 6.16. The van der Waals surface area contributed by atoms with Gasteiger partial charge in [0.1, 0.15) is 11.9 Å². The zero-order valence-electron chi connectivity index (χ0n) is 14.3. The van der Waals surface area contributed by atoms with E-state index in [-0.39, 0.29) is 0 Å². The average Bonchev–Trinajstić information content (AvgIpc) is 3.16. The van der Waals surface area contributed by atoms with Gasteiger partial charge in [0, 0.05) is 44.0 Å². The molecule has 0 N–H and O–H groups in total. The van der Waals surface area contributed by atoms with E-state index in [2.05, 4.69) is 38.9 Å². The molecule has 0 atom stereocenters. The van der Waals surface area contributed by atoms with Crippen LogP contribution in [0.3, 0.4) is 0 Å². The van der Waals surface area contributed by atoms with Crippen LogP contribution in [-0.2, 0) is 6.42 Å². The summed E-state index contributed by atoms with van der Waals surface area (Å²) in [4.78, 5) is 9.26. The Labute approximate surface area is 146 Å². The molecule has 25 heavy (non-hydrogen) atoms. The van der Waals surface area contributed by atoms with Gasteiger partial charge in [-0.25, -0.2) is 4.98 Å². The number of hydrogen-bond acceptors (Lipinski definition) is 5. The number of aromatic nitrogens is 3. The summed E-state index contributed by atoms with van der Waals surface area (Å²) in [5.41, 5.74) is 3.74. The molecular weight excluding hydrogens is 312 g/mol. The Morgan fingerprint density at radius 2 is 1.84 bits per heavy atom. The van der Waals surface area contributed by atoms with Crippen LogP contribution < -0.4 is 9.80 Å². The van der Waals surface area contributed by atoms with Gasteiger partial charge in [0.2, 0.25) is 0 Å². The average molecular weight is 332 g/mol. The van der Waals surface area contributed by atoms with Crippen LogP contribution in [0.4, 0.5) is 11.5 Å². The van der Waals surface area contributed by atoms with Gasteiger partial charge >= 0.3 is 0 Å². The van der Waals surface area contributed by atoms with E-state index in [1.165, 1.54) is 0 Å². The highest BCUT2D eigenvalue weighted by Crippen LogP contribution is 2.24. The normalized spacial score (nSPS) is 14.7. The quantitative estimate of drug-likeness (QED) is 0.737. The van der Waals surface area contributed by atoms with Crippen LogP contribution in [0.15, 0.2) is 42.6 Å². The first-order chi connectivity index (χ1) is 12.3. The minimum Gasteiger partial charge on any atom is -0.367 e. The van der Waals surface area contributed by atoms with Crippen LogP contribution >= 0.6 is 0 Å². The van der Waals surface area contributed by atoms with Crippen molar-refractivity contribution in [3.8, 4) is 6.07 Å². The molecule has 0 aliphatic carbocycles. The van der Waals surface area contributed by atoms with E-state index in [0.29, 0.717) is 0 Å². The number of anilines is 2. The molecule has 1 aliphatic rings. The van der Waals surface area contributed by atoms with Gasteiger partial charge in [-0.3, -0.25) is 0 Å². The van der Waals surface area contributed by atoms with Gasteiger partial charge in [-0.2, -0.15) is 14.9 Å². The zero-order chi connectivity index (χ0) is 17.2. The third-order valence-electron chi connectivity index (χ3n) is 4.72. The first kappa shape index (κ1) is 15.5. The first-order valence-electron chi connectivity index (χ1n) is 8.63.